The summed E-state index contributed by atoms with van der Waals surface area (Å²) in [5.41, 5.74) is 0.460. The van der Waals surface area contributed by atoms with E-state index in [4.69, 9.17) is 9.47 Å². The van der Waals surface area contributed by atoms with E-state index in [1.54, 1.807) is 43.5 Å². The van der Waals surface area contributed by atoms with Gasteiger partial charge >= 0.3 is 0 Å². The third-order valence-corrected chi connectivity index (χ3v) is 5.70. The fourth-order valence-corrected chi connectivity index (χ4v) is 3.70. The second-order valence-electron chi connectivity index (χ2n) is 7.89. The summed E-state index contributed by atoms with van der Waals surface area (Å²) in [6.45, 7) is 4.10. The second-order valence-corrected chi connectivity index (χ2v) is 7.89. The van der Waals surface area contributed by atoms with Crippen molar-refractivity contribution < 1.29 is 19.4 Å². The van der Waals surface area contributed by atoms with Crippen LogP contribution in [-0.2, 0) is 13.0 Å². The highest BCUT2D eigenvalue weighted by molar-refractivity contribution is 6.13. The van der Waals surface area contributed by atoms with E-state index >= 15 is 0 Å². The SMILES string of the molecule is CCCCOc1ccccc1C(=O)c1c(C)c(C#N)c(=O)n(CCc2ccc(OC)cc2)c1O. The number of benzene rings is 2. The molecule has 0 atom stereocenters. The molecule has 0 unspecified atom stereocenters. The van der Waals surface area contributed by atoms with Crippen LogP contribution in [0.4, 0.5) is 0 Å². The van der Waals surface area contributed by atoms with Gasteiger partial charge in [-0.05, 0) is 55.2 Å². The van der Waals surface area contributed by atoms with Gasteiger partial charge in [0.2, 0.25) is 11.7 Å². The number of hydrogen-bond acceptors (Lipinski definition) is 6. The molecule has 0 bridgehead atoms. The average Bonchev–Trinajstić information content (AvgIpc) is 2.85. The number of aromatic nitrogens is 1. The molecule has 0 aliphatic rings. The molecule has 176 valence electrons. The van der Waals surface area contributed by atoms with Crippen LogP contribution >= 0.6 is 0 Å². The first-order valence-corrected chi connectivity index (χ1v) is 11.2. The first kappa shape index (κ1) is 24.6. The maximum atomic E-state index is 13.5. The van der Waals surface area contributed by atoms with E-state index in [1.807, 2.05) is 25.1 Å². The molecule has 3 rings (SSSR count). The third kappa shape index (κ3) is 5.12. The molecule has 7 heteroatoms. The van der Waals surface area contributed by atoms with E-state index in [1.165, 1.54) is 6.92 Å². The molecule has 0 amide bonds. The predicted octanol–water partition coefficient (Wildman–Crippen LogP) is 4.40. The minimum absolute atomic E-state index is 0.0718. The molecule has 7 nitrogen and oxygen atoms in total. The Balaban J connectivity index is 2.02. The maximum absolute atomic E-state index is 13.5. The van der Waals surface area contributed by atoms with E-state index in [0.717, 1.165) is 23.0 Å². The van der Waals surface area contributed by atoms with Gasteiger partial charge in [0.25, 0.3) is 5.56 Å². The first-order valence-electron chi connectivity index (χ1n) is 11.2. The van der Waals surface area contributed by atoms with E-state index in [-0.39, 0.29) is 28.8 Å². The summed E-state index contributed by atoms with van der Waals surface area (Å²) in [7, 11) is 1.58. The number of hydrogen-bond donors (Lipinski definition) is 1. The van der Waals surface area contributed by atoms with E-state index in [9.17, 15) is 20.0 Å². The number of methoxy groups -OCH3 is 1. The van der Waals surface area contributed by atoms with Crippen molar-refractivity contribution in [1.29, 1.82) is 5.26 Å². The molecule has 0 saturated carbocycles. The van der Waals surface area contributed by atoms with Crippen LogP contribution < -0.4 is 15.0 Å². The van der Waals surface area contributed by atoms with Crippen molar-refractivity contribution in [2.24, 2.45) is 0 Å². The summed E-state index contributed by atoms with van der Waals surface area (Å²) in [4.78, 5) is 26.5. The van der Waals surface area contributed by atoms with Crippen LogP contribution in [0, 0.1) is 18.3 Å². The molecule has 0 aliphatic heterocycles. The third-order valence-electron chi connectivity index (χ3n) is 5.70. The number of para-hydroxylation sites is 1. The summed E-state index contributed by atoms with van der Waals surface area (Å²) in [5, 5.41) is 20.7. The smallest absolute Gasteiger partial charge is 0.271 e. The second kappa shape index (κ2) is 11.2. The van der Waals surface area contributed by atoms with Crippen LogP contribution in [0.1, 0.15) is 52.4 Å². The Morgan fingerprint density at radius 2 is 1.85 bits per heavy atom. The molecular formula is C27H28N2O5. The van der Waals surface area contributed by atoms with Gasteiger partial charge in [-0.2, -0.15) is 5.26 Å². The predicted molar refractivity (Wildman–Crippen MR) is 129 cm³/mol. The van der Waals surface area contributed by atoms with Gasteiger partial charge < -0.3 is 14.6 Å². The molecule has 0 saturated heterocycles. The highest BCUT2D eigenvalue weighted by atomic mass is 16.5. The molecule has 0 spiro atoms. The van der Waals surface area contributed by atoms with Crippen LogP contribution in [0.25, 0.3) is 0 Å². The Morgan fingerprint density at radius 1 is 1.15 bits per heavy atom. The molecule has 34 heavy (non-hydrogen) atoms. The molecule has 0 radical (unpaired) electrons. The average molecular weight is 461 g/mol. The summed E-state index contributed by atoms with van der Waals surface area (Å²) in [5.74, 6) is 0.146. The summed E-state index contributed by atoms with van der Waals surface area (Å²) < 4.78 is 12.0. The van der Waals surface area contributed by atoms with Crippen molar-refractivity contribution in [3.05, 3.63) is 86.7 Å². The number of carbonyl (C=O) groups excluding carboxylic acids is 1. The highest BCUT2D eigenvalue weighted by Crippen LogP contribution is 2.29. The van der Waals surface area contributed by atoms with Crippen molar-refractivity contribution >= 4 is 5.78 Å². The zero-order chi connectivity index (χ0) is 24.7. The van der Waals surface area contributed by atoms with Crippen molar-refractivity contribution in [3.63, 3.8) is 0 Å². The Kier molecular flexibility index (Phi) is 8.10. The molecule has 1 heterocycles. The number of carbonyl (C=O) groups is 1. The topological polar surface area (TPSA) is 102 Å². The number of aromatic hydroxyl groups is 1. The quantitative estimate of drug-likeness (QED) is 0.356. The van der Waals surface area contributed by atoms with Crippen molar-refractivity contribution in [3.8, 4) is 23.4 Å². The van der Waals surface area contributed by atoms with Crippen molar-refractivity contribution in [2.75, 3.05) is 13.7 Å². The number of pyridine rings is 1. The monoisotopic (exact) mass is 460 g/mol. The maximum Gasteiger partial charge on any atom is 0.271 e. The minimum atomic E-state index is -0.630. The summed E-state index contributed by atoms with van der Waals surface area (Å²) in [6, 6.07) is 16.0. The molecule has 0 fully saturated rings. The lowest BCUT2D eigenvalue weighted by atomic mass is 9.96. The lowest BCUT2D eigenvalue weighted by Crippen LogP contribution is -2.27. The molecule has 2 aromatic carbocycles. The van der Waals surface area contributed by atoms with Crippen molar-refractivity contribution in [1.82, 2.24) is 4.57 Å². The van der Waals surface area contributed by atoms with Gasteiger partial charge in [-0.25, -0.2) is 0 Å². The molecule has 0 aliphatic carbocycles. The van der Waals surface area contributed by atoms with Gasteiger partial charge in [-0.3, -0.25) is 14.2 Å². The van der Waals surface area contributed by atoms with Crippen LogP contribution in [0.15, 0.2) is 53.3 Å². The van der Waals surface area contributed by atoms with Gasteiger partial charge in [0.1, 0.15) is 23.1 Å². The lowest BCUT2D eigenvalue weighted by Gasteiger charge is -2.17. The number of nitrogens with zero attached hydrogens (tertiary/aromatic N) is 2. The number of ether oxygens (including phenoxy) is 2. The number of aryl methyl sites for hydroxylation is 1. The molecule has 1 aromatic heterocycles. The Morgan fingerprint density at radius 3 is 2.50 bits per heavy atom. The van der Waals surface area contributed by atoms with Crippen LogP contribution in [0.5, 0.6) is 17.4 Å². The Hall–Kier alpha value is -4.05. The zero-order valence-corrected chi connectivity index (χ0v) is 19.6. The van der Waals surface area contributed by atoms with Gasteiger partial charge in [-0.1, -0.05) is 37.6 Å². The van der Waals surface area contributed by atoms with Crippen molar-refractivity contribution in [2.45, 2.75) is 39.7 Å². The van der Waals surface area contributed by atoms with Crippen LogP contribution in [0.3, 0.4) is 0 Å². The van der Waals surface area contributed by atoms with Gasteiger partial charge in [0.05, 0.1) is 24.8 Å². The van der Waals surface area contributed by atoms with E-state index in [2.05, 4.69) is 0 Å². The number of rotatable bonds is 10. The molecule has 3 aromatic rings. The molecule has 1 N–H and O–H groups in total. The van der Waals surface area contributed by atoms with Crippen LogP contribution in [0.2, 0.25) is 0 Å². The minimum Gasteiger partial charge on any atom is -0.497 e. The van der Waals surface area contributed by atoms with Gasteiger partial charge in [-0.15, -0.1) is 0 Å². The van der Waals surface area contributed by atoms with E-state index in [0.29, 0.717) is 24.5 Å². The Labute approximate surface area is 198 Å². The molecular weight excluding hydrogens is 432 g/mol. The normalized spacial score (nSPS) is 10.5. The number of nitriles is 1. The standard InChI is InChI=1S/C27H28N2O5/c1-4-5-16-34-23-9-7-6-8-21(23)25(30)24-18(2)22(17-28)26(31)29(27(24)32)15-14-19-10-12-20(33-3)13-11-19/h6-13,32H,4-5,14-16H2,1-3H3. The number of ketones is 1. The zero-order valence-electron chi connectivity index (χ0n) is 19.6. The Bertz CT molecular complexity index is 1270. The van der Waals surface area contributed by atoms with Gasteiger partial charge in [0.15, 0.2) is 0 Å². The summed E-state index contributed by atoms with van der Waals surface area (Å²) in [6.07, 6.45) is 2.19. The fourth-order valence-electron chi connectivity index (χ4n) is 3.70. The fraction of sp³-hybridized carbons (Fsp3) is 0.296. The van der Waals surface area contributed by atoms with Gasteiger partial charge in [0, 0.05) is 6.54 Å². The van der Waals surface area contributed by atoms with Crippen LogP contribution in [-0.4, -0.2) is 29.2 Å². The highest BCUT2D eigenvalue weighted by Gasteiger charge is 2.26. The summed E-state index contributed by atoms with van der Waals surface area (Å²) >= 11 is 0. The number of unbranched alkanes of at least 4 members (excludes halogenated alkanes) is 1. The first-order chi connectivity index (χ1) is 16.4. The van der Waals surface area contributed by atoms with E-state index < -0.39 is 17.2 Å². The lowest BCUT2D eigenvalue weighted by molar-refractivity contribution is 0.103. The largest absolute Gasteiger partial charge is 0.497 e.